The van der Waals surface area contributed by atoms with Gasteiger partial charge in [0.05, 0.1) is 0 Å². The van der Waals surface area contributed by atoms with Gasteiger partial charge in [0.2, 0.25) is 0 Å². The molecule has 0 spiro atoms. The zero-order valence-electron chi connectivity index (χ0n) is 9.75. The molecule has 2 fully saturated rings. The van der Waals surface area contributed by atoms with Gasteiger partial charge in [0.15, 0.2) is 0 Å². The molecule has 4 heteroatoms. The number of carbonyl (C=O) groups excluding carboxylic acids is 1. The summed E-state index contributed by atoms with van der Waals surface area (Å²) in [6, 6.07) is 0.965. The van der Waals surface area contributed by atoms with Gasteiger partial charge >= 0.3 is 6.09 Å². The molecule has 2 atom stereocenters. The maximum Gasteiger partial charge on any atom is 0.410 e. The maximum absolute atomic E-state index is 11.9. The smallest absolute Gasteiger partial charge is 0.410 e. The fraction of sp³-hybridized carbons (Fsp3) is 0.909. The van der Waals surface area contributed by atoms with E-state index in [0.29, 0.717) is 12.1 Å². The van der Waals surface area contributed by atoms with Crippen LogP contribution in [0.4, 0.5) is 4.79 Å². The number of nitrogens with zero attached hydrogens (tertiary/aromatic N) is 1. The first kappa shape index (κ1) is 10.7. The lowest BCUT2D eigenvalue weighted by Crippen LogP contribution is -2.46. The van der Waals surface area contributed by atoms with Crippen molar-refractivity contribution in [1.29, 1.82) is 0 Å². The highest BCUT2D eigenvalue weighted by Gasteiger charge is 2.37. The molecule has 2 bridgehead atoms. The molecule has 4 nitrogen and oxygen atoms in total. The summed E-state index contributed by atoms with van der Waals surface area (Å²) >= 11 is 0. The first-order valence-corrected chi connectivity index (χ1v) is 5.69. The van der Waals surface area contributed by atoms with Crippen LogP contribution in [0.2, 0.25) is 0 Å². The van der Waals surface area contributed by atoms with Crippen molar-refractivity contribution in [2.24, 2.45) is 0 Å². The Labute approximate surface area is 91.0 Å². The molecule has 86 valence electrons. The molecule has 1 amide bonds. The van der Waals surface area contributed by atoms with E-state index in [0.717, 1.165) is 25.9 Å². The molecule has 0 unspecified atom stereocenters. The Morgan fingerprint density at radius 1 is 1.47 bits per heavy atom. The highest BCUT2D eigenvalue weighted by molar-refractivity contribution is 5.68. The molecule has 0 aromatic heterocycles. The molecule has 0 aromatic rings. The highest BCUT2D eigenvalue weighted by atomic mass is 16.6. The first-order valence-electron chi connectivity index (χ1n) is 5.69. The zero-order valence-corrected chi connectivity index (χ0v) is 9.75. The summed E-state index contributed by atoms with van der Waals surface area (Å²) in [6.07, 6.45) is 1.98. The molecule has 0 saturated carbocycles. The molecular formula is C11H20N2O2. The Morgan fingerprint density at radius 3 is 2.87 bits per heavy atom. The lowest BCUT2D eigenvalue weighted by molar-refractivity contribution is 0.0142. The van der Waals surface area contributed by atoms with E-state index in [1.165, 1.54) is 0 Å². The van der Waals surface area contributed by atoms with Crippen LogP contribution in [0.25, 0.3) is 0 Å². The Hall–Kier alpha value is -0.770. The van der Waals surface area contributed by atoms with Gasteiger partial charge in [0, 0.05) is 25.2 Å². The van der Waals surface area contributed by atoms with Crippen molar-refractivity contribution in [3.05, 3.63) is 0 Å². The van der Waals surface area contributed by atoms with Crippen LogP contribution in [-0.4, -0.2) is 41.8 Å². The second-order valence-electron chi connectivity index (χ2n) is 5.46. The topological polar surface area (TPSA) is 41.6 Å². The van der Waals surface area contributed by atoms with E-state index in [1.807, 2.05) is 25.7 Å². The number of likely N-dealkylation sites (tertiary alicyclic amines) is 1. The summed E-state index contributed by atoms with van der Waals surface area (Å²) in [5.41, 5.74) is -0.389. The molecule has 0 aliphatic carbocycles. The minimum atomic E-state index is -0.389. The van der Waals surface area contributed by atoms with Gasteiger partial charge in [-0.2, -0.15) is 0 Å². The number of amides is 1. The third kappa shape index (κ3) is 2.43. The van der Waals surface area contributed by atoms with E-state index in [2.05, 4.69) is 5.32 Å². The first-order chi connectivity index (χ1) is 6.96. The van der Waals surface area contributed by atoms with Crippen molar-refractivity contribution in [3.8, 4) is 0 Å². The van der Waals surface area contributed by atoms with Gasteiger partial charge in [0.25, 0.3) is 0 Å². The minimum absolute atomic E-state index is 0.158. The molecule has 0 radical (unpaired) electrons. The molecule has 1 N–H and O–H groups in total. The molecule has 15 heavy (non-hydrogen) atoms. The van der Waals surface area contributed by atoms with E-state index in [1.54, 1.807) is 0 Å². The second kappa shape index (κ2) is 3.67. The van der Waals surface area contributed by atoms with Gasteiger partial charge in [-0.3, -0.25) is 0 Å². The van der Waals surface area contributed by atoms with E-state index < -0.39 is 0 Å². The standard InChI is InChI=1S/C11H20N2O2/c1-11(2,3)15-10(14)13-5-4-8-6-9(13)7-12-8/h8-9,12H,4-7H2,1-3H3/t8-,9-/m0/s1. The van der Waals surface area contributed by atoms with Crippen molar-refractivity contribution in [3.63, 3.8) is 0 Å². The molecule has 2 heterocycles. The van der Waals surface area contributed by atoms with Gasteiger partial charge in [-0.15, -0.1) is 0 Å². The normalized spacial score (nSPS) is 30.5. The van der Waals surface area contributed by atoms with Crippen LogP contribution in [-0.2, 0) is 4.74 Å². The Morgan fingerprint density at radius 2 is 2.20 bits per heavy atom. The average molecular weight is 212 g/mol. The summed E-state index contributed by atoms with van der Waals surface area (Å²) in [6.45, 7) is 7.47. The van der Waals surface area contributed by atoms with Gasteiger partial charge < -0.3 is 15.0 Å². The van der Waals surface area contributed by atoms with Crippen molar-refractivity contribution in [2.45, 2.75) is 51.3 Å². The fourth-order valence-electron chi connectivity index (χ4n) is 2.29. The van der Waals surface area contributed by atoms with E-state index in [9.17, 15) is 4.79 Å². The predicted molar refractivity (Wildman–Crippen MR) is 57.8 cm³/mol. The number of nitrogens with one attached hydrogen (secondary N) is 1. The lowest BCUT2D eigenvalue weighted by Gasteiger charge is -2.34. The summed E-state index contributed by atoms with van der Waals surface area (Å²) in [5.74, 6) is 0. The lowest BCUT2D eigenvalue weighted by atomic mass is 10.0. The number of fused-ring (bicyclic) bond motifs is 2. The molecule has 2 rings (SSSR count). The second-order valence-corrected chi connectivity index (χ2v) is 5.46. The van der Waals surface area contributed by atoms with E-state index in [-0.39, 0.29) is 11.7 Å². The van der Waals surface area contributed by atoms with E-state index >= 15 is 0 Å². The molecule has 2 saturated heterocycles. The van der Waals surface area contributed by atoms with Crippen LogP contribution in [0.15, 0.2) is 0 Å². The largest absolute Gasteiger partial charge is 0.444 e. The third-order valence-corrected chi connectivity index (χ3v) is 2.99. The molecule has 2 aliphatic heterocycles. The van der Waals surface area contributed by atoms with Gasteiger partial charge in [0.1, 0.15) is 5.60 Å². The number of carbonyl (C=O) groups is 1. The summed E-state index contributed by atoms with van der Waals surface area (Å²) in [4.78, 5) is 13.8. The average Bonchev–Trinajstić information content (AvgIpc) is 2.45. The SMILES string of the molecule is CC(C)(C)OC(=O)N1CC[C@H]2C[C@H]1CN2. The highest BCUT2D eigenvalue weighted by Crippen LogP contribution is 2.24. The van der Waals surface area contributed by atoms with E-state index in [4.69, 9.17) is 4.74 Å². The van der Waals surface area contributed by atoms with Gasteiger partial charge in [-0.25, -0.2) is 4.79 Å². The summed E-state index contributed by atoms with van der Waals surface area (Å²) in [7, 11) is 0. The predicted octanol–water partition coefficient (Wildman–Crippen LogP) is 1.36. The quantitative estimate of drug-likeness (QED) is 0.659. The number of hydrogen-bond donors (Lipinski definition) is 1. The van der Waals surface area contributed by atoms with Crippen LogP contribution in [0, 0.1) is 0 Å². The van der Waals surface area contributed by atoms with Crippen LogP contribution >= 0.6 is 0 Å². The number of hydrogen-bond acceptors (Lipinski definition) is 3. The minimum Gasteiger partial charge on any atom is -0.444 e. The number of ether oxygens (including phenoxy) is 1. The Kier molecular flexibility index (Phi) is 2.63. The summed E-state index contributed by atoms with van der Waals surface area (Å²) < 4.78 is 5.39. The van der Waals surface area contributed by atoms with Crippen LogP contribution in [0.1, 0.15) is 33.6 Å². The van der Waals surface area contributed by atoms with Crippen LogP contribution < -0.4 is 5.32 Å². The van der Waals surface area contributed by atoms with Crippen LogP contribution in [0.5, 0.6) is 0 Å². The number of rotatable bonds is 0. The van der Waals surface area contributed by atoms with Crippen molar-refractivity contribution >= 4 is 6.09 Å². The monoisotopic (exact) mass is 212 g/mol. The molecule has 0 aromatic carbocycles. The number of piperidine rings is 1. The van der Waals surface area contributed by atoms with Crippen molar-refractivity contribution in [1.82, 2.24) is 10.2 Å². The van der Waals surface area contributed by atoms with Gasteiger partial charge in [-0.1, -0.05) is 0 Å². The molecule has 2 aliphatic rings. The molecular weight excluding hydrogens is 192 g/mol. The van der Waals surface area contributed by atoms with Gasteiger partial charge in [-0.05, 0) is 33.6 Å². The van der Waals surface area contributed by atoms with Crippen molar-refractivity contribution < 1.29 is 9.53 Å². The van der Waals surface area contributed by atoms with Crippen molar-refractivity contribution in [2.75, 3.05) is 13.1 Å². The Balaban J connectivity index is 1.95. The fourth-order valence-corrected chi connectivity index (χ4v) is 2.29. The maximum atomic E-state index is 11.9. The zero-order chi connectivity index (χ0) is 11.1. The van der Waals surface area contributed by atoms with Crippen LogP contribution in [0.3, 0.4) is 0 Å². The Bertz CT molecular complexity index is 260. The third-order valence-electron chi connectivity index (χ3n) is 2.99. The summed E-state index contributed by atoms with van der Waals surface area (Å²) in [5, 5.41) is 3.42.